The number of carbonyl (C=O) groups is 2. The van der Waals surface area contributed by atoms with E-state index in [4.69, 9.17) is 11.6 Å². The van der Waals surface area contributed by atoms with Gasteiger partial charge in [0.1, 0.15) is 24.6 Å². The zero-order valence-electron chi connectivity index (χ0n) is 19.6. The summed E-state index contributed by atoms with van der Waals surface area (Å²) in [5.74, 6) is -1.95. The first-order valence-corrected chi connectivity index (χ1v) is 13.4. The van der Waals surface area contributed by atoms with E-state index in [2.05, 4.69) is 5.32 Å². The van der Waals surface area contributed by atoms with Crippen LogP contribution in [0.25, 0.3) is 10.9 Å². The first kappa shape index (κ1) is 27.2. The molecule has 0 spiro atoms. The Hall–Kier alpha value is -2.82. The van der Waals surface area contributed by atoms with Crippen LogP contribution in [0, 0.1) is 5.82 Å². The summed E-state index contributed by atoms with van der Waals surface area (Å²) in [4.78, 5) is 46.3. The Labute approximate surface area is 215 Å². The molecule has 4 N–H and O–H groups in total. The minimum atomic E-state index is -4.59. The van der Waals surface area contributed by atoms with Crippen LogP contribution < -0.4 is 10.6 Å². The summed E-state index contributed by atoms with van der Waals surface area (Å²) in [5, 5.41) is 12.8. The number of aliphatic hydroxyl groups excluding tert-OH is 1. The Bertz CT molecular complexity index is 1410. The van der Waals surface area contributed by atoms with Crippen LogP contribution in [-0.4, -0.2) is 54.9 Å². The van der Waals surface area contributed by atoms with Gasteiger partial charge in [-0.25, -0.2) is 8.78 Å². The number of aromatic nitrogens is 1. The number of likely N-dealkylation sites (tertiary alicyclic amines) is 1. The van der Waals surface area contributed by atoms with E-state index < -0.39 is 43.5 Å². The summed E-state index contributed by atoms with van der Waals surface area (Å²) in [6, 6.07) is 7.14. The van der Waals surface area contributed by atoms with Gasteiger partial charge >= 0.3 is 7.60 Å². The Kier molecular flexibility index (Phi) is 7.73. The van der Waals surface area contributed by atoms with Crippen LogP contribution >= 0.6 is 19.2 Å². The maximum atomic E-state index is 14.3. The number of hydrogen-bond acceptors (Lipinski definition) is 4. The van der Waals surface area contributed by atoms with Gasteiger partial charge in [0.2, 0.25) is 11.8 Å². The lowest BCUT2D eigenvalue weighted by atomic mass is 10.1. The zero-order chi connectivity index (χ0) is 27.1. The van der Waals surface area contributed by atoms with E-state index in [1.807, 2.05) is 0 Å². The number of nitrogens with one attached hydrogen (secondary N) is 1. The molecule has 0 saturated carbocycles. The lowest BCUT2D eigenvalue weighted by Crippen LogP contribution is -2.46. The van der Waals surface area contributed by atoms with Gasteiger partial charge in [-0.1, -0.05) is 29.8 Å². The molecule has 4 rings (SSSR count). The molecule has 3 unspecified atom stereocenters. The van der Waals surface area contributed by atoms with Gasteiger partial charge in [0.05, 0.1) is 23.0 Å². The fourth-order valence-corrected chi connectivity index (χ4v) is 5.24. The zero-order valence-corrected chi connectivity index (χ0v) is 21.3. The number of aliphatic hydroxyl groups is 1. The largest absolute Gasteiger partial charge is 0.389 e. The summed E-state index contributed by atoms with van der Waals surface area (Å²) in [6.45, 7) is 0.618. The molecule has 1 saturated heterocycles. The smallest absolute Gasteiger partial charge is 0.356 e. The molecule has 1 fully saturated rings. The summed E-state index contributed by atoms with van der Waals surface area (Å²) >= 11 is 5.76. The van der Waals surface area contributed by atoms with Crippen molar-refractivity contribution in [2.75, 3.05) is 6.54 Å². The van der Waals surface area contributed by atoms with E-state index in [0.29, 0.717) is 16.5 Å². The third kappa shape index (κ3) is 5.71. The Morgan fingerprint density at radius 1 is 1.27 bits per heavy atom. The van der Waals surface area contributed by atoms with E-state index in [1.165, 1.54) is 54.1 Å². The van der Waals surface area contributed by atoms with Gasteiger partial charge in [-0.2, -0.15) is 0 Å². The highest BCUT2D eigenvalue weighted by Gasteiger charge is 2.40. The average molecular weight is 556 g/mol. The molecule has 2 amide bonds. The number of alkyl halides is 1. The molecular weight excluding hydrogens is 531 g/mol. The summed E-state index contributed by atoms with van der Waals surface area (Å²) in [6.07, 6.45) is -1.13. The van der Waals surface area contributed by atoms with Crippen LogP contribution in [0.1, 0.15) is 30.6 Å². The minimum absolute atomic E-state index is 0.106. The molecule has 1 aromatic heterocycles. The number of nitrogens with zero attached hydrogens (tertiary/aromatic N) is 2. The van der Waals surface area contributed by atoms with Crippen molar-refractivity contribution in [3.05, 3.63) is 64.6 Å². The predicted octanol–water partition coefficient (Wildman–Crippen LogP) is 2.55. The standard InChI is InChI=1S/C24H25ClF2N3O6P/c1-13(31)18-11-29(20-8-16(37(34,35)36)5-6-17(18)20)12-22(32)30-10-15(26)7-21(30)24(33)28-9-14-3-2-4-19(25)23(14)27/h2-6,8,11,13,15,21,31H,7,9-10,12H2,1H3,(H,28,33)(H2,34,35,36). The SMILES string of the molecule is CC(O)c1cn(CC(=O)N2CC(F)CC2C(=O)NCc2cccc(Cl)c2F)c2cc(P(=O)(O)O)ccc12. The molecule has 2 aromatic carbocycles. The Morgan fingerprint density at radius 2 is 2.00 bits per heavy atom. The maximum Gasteiger partial charge on any atom is 0.356 e. The maximum absolute atomic E-state index is 14.3. The van der Waals surface area contributed by atoms with Gasteiger partial charge in [0, 0.05) is 41.2 Å². The number of benzene rings is 2. The van der Waals surface area contributed by atoms with Crippen LogP contribution in [0.4, 0.5) is 8.78 Å². The van der Waals surface area contributed by atoms with E-state index in [-0.39, 0.29) is 41.9 Å². The molecular formula is C24H25ClF2N3O6P. The average Bonchev–Trinajstić information content (AvgIpc) is 3.40. The first-order chi connectivity index (χ1) is 17.4. The Balaban J connectivity index is 1.56. The second-order valence-corrected chi connectivity index (χ2v) is 11.0. The topological polar surface area (TPSA) is 132 Å². The lowest BCUT2D eigenvalue weighted by Gasteiger charge is -2.24. The van der Waals surface area contributed by atoms with Crippen molar-refractivity contribution in [3.63, 3.8) is 0 Å². The predicted molar refractivity (Wildman–Crippen MR) is 133 cm³/mol. The lowest BCUT2D eigenvalue weighted by molar-refractivity contribution is -0.139. The van der Waals surface area contributed by atoms with E-state index in [0.717, 1.165) is 4.90 Å². The van der Waals surface area contributed by atoms with Crippen molar-refractivity contribution in [2.45, 2.75) is 44.8 Å². The van der Waals surface area contributed by atoms with Gasteiger partial charge in [-0.3, -0.25) is 14.2 Å². The van der Waals surface area contributed by atoms with Crippen molar-refractivity contribution < 1.29 is 37.8 Å². The third-order valence-corrected chi connectivity index (χ3v) is 7.59. The van der Waals surface area contributed by atoms with E-state index in [9.17, 15) is 37.8 Å². The fraction of sp³-hybridized carbons (Fsp3) is 0.333. The van der Waals surface area contributed by atoms with Crippen LogP contribution in [0.5, 0.6) is 0 Å². The molecule has 0 aliphatic carbocycles. The number of hydrogen-bond donors (Lipinski definition) is 4. The summed E-state index contributed by atoms with van der Waals surface area (Å²) in [7, 11) is -4.59. The molecule has 1 aliphatic rings. The highest BCUT2D eigenvalue weighted by Crippen LogP contribution is 2.36. The summed E-state index contributed by atoms with van der Waals surface area (Å²) < 4.78 is 41.6. The van der Waals surface area contributed by atoms with Crippen LogP contribution in [0.3, 0.4) is 0 Å². The Morgan fingerprint density at radius 3 is 2.68 bits per heavy atom. The number of carbonyl (C=O) groups excluding carboxylic acids is 2. The van der Waals surface area contributed by atoms with Gasteiger partial charge in [-0.15, -0.1) is 0 Å². The van der Waals surface area contributed by atoms with Gasteiger partial charge in [0.25, 0.3) is 0 Å². The normalized spacial score (nSPS) is 18.8. The highest BCUT2D eigenvalue weighted by molar-refractivity contribution is 7.60. The molecule has 3 atom stereocenters. The molecule has 9 nitrogen and oxygen atoms in total. The van der Waals surface area contributed by atoms with Crippen molar-refractivity contribution in [1.29, 1.82) is 0 Å². The van der Waals surface area contributed by atoms with Crippen molar-refractivity contribution in [1.82, 2.24) is 14.8 Å². The second-order valence-electron chi connectivity index (χ2n) is 8.96. The molecule has 0 bridgehead atoms. The third-order valence-electron chi connectivity index (χ3n) is 6.35. The highest BCUT2D eigenvalue weighted by atomic mass is 35.5. The van der Waals surface area contributed by atoms with Crippen LogP contribution in [0.2, 0.25) is 5.02 Å². The molecule has 2 heterocycles. The van der Waals surface area contributed by atoms with Gasteiger partial charge in [-0.05, 0) is 25.1 Å². The molecule has 0 radical (unpaired) electrons. The molecule has 13 heteroatoms. The van der Waals surface area contributed by atoms with Crippen LogP contribution in [0.15, 0.2) is 42.6 Å². The summed E-state index contributed by atoms with van der Waals surface area (Å²) in [5.41, 5.74) is 0.861. The van der Waals surface area contributed by atoms with Crippen LogP contribution in [-0.2, 0) is 27.2 Å². The molecule has 1 aliphatic heterocycles. The minimum Gasteiger partial charge on any atom is -0.389 e. The number of amides is 2. The first-order valence-electron chi connectivity index (χ1n) is 11.4. The van der Waals surface area contributed by atoms with Crippen molar-refractivity contribution >= 4 is 47.2 Å². The molecule has 3 aromatic rings. The van der Waals surface area contributed by atoms with Gasteiger partial charge in [0.15, 0.2) is 0 Å². The van der Waals surface area contributed by atoms with Gasteiger partial charge < -0.3 is 29.7 Å². The van der Waals surface area contributed by atoms with Crippen molar-refractivity contribution in [3.8, 4) is 0 Å². The van der Waals surface area contributed by atoms with E-state index >= 15 is 0 Å². The number of fused-ring (bicyclic) bond motifs is 1. The van der Waals surface area contributed by atoms with E-state index in [1.54, 1.807) is 0 Å². The quantitative estimate of drug-likeness (QED) is 0.331. The monoisotopic (exact) mass is 555 g/mol. The number of rotatable bonds is 7. The second kappa shape index (κ2) is 10.5. The number of halogens is 3. The molecule has 198 valence electrons. The molecule has 37 heavy (non-hydrogen) atoms. The van der Waals surface area contributed by atoms with Crippen molar-refractivity contribution in [2.24, 2.45) is 0 Å². The fourth-order valence-electron chi connectivity index (χ4n) is 4.48.